The van der Waals surface area contributed by atoms with E-state index < -0.39 is 29.4 Å². The van der Waals surface area contributed by atoms with Gasteiger partial charge in [0.1, 0.15) is 5.69 Å². The van der Waals surface area contributed by atoms with Crippen LogP contribution in [0.5, 0.6) is 5.75 Å². The maximum atomic E-state index is 13.1. The zero-order valence-corrected chi connectivity index (χ0v) is 19.3. The first-order valence-corrected chi connectivity index (χ1v) is 11.0. The van der Waals surface area contributed by atoms with Gasteiger partial charge >= 0.3 is 5.97 Å². The van der Waals surface area contributed by atoms with Gasteiger partial charge in [-0.1, -0.05) is 30.3 Å². The summed E-state index contributed by atoms with van der Waals surface area (Å²) in [6.45, 7) is 0. The number of methoxy groups -OCH3 is 1. The summed E-state index contributed by atoms with van der Waals surface area (Å²) in [7, 11) is 1.26. The standard InChI is InChI=1S/C27H18N4O6/c1-37-27(36)15-6-4-7-16(11-15)28-26(35)21-12-14-5-2-3-8-18(14)22(23(21)32)31-30-17-9-10-19-20(13-17)25(34)29-24(19)33/h2-13,32H,1H3,(H,28,35)(H,29,33,34). The molecule has 0 bridgehead atoms. The maximum Gasteiger partial charge on any atom is 0.337 e. The fourth-order valence-electron chi connectivity index (χ4n) is 3.96. The van der Waals surface area contributed by atoms with E-state index in [4.69, 9.17) is 4.74 Å². The number of amides is 3. The monoisotopic (exact) mass is 494 g/mol. The molecule has 0 aliphatic carbocycles. The Morgan fingerprint density at radius 1 is 0.892 bits per heavy atom. The Labute approximate surface area is 209 Å². The van der Waals surface area contributed by atoms with Crippen LogP contribution < -0.4 is 10.6 Å². The number of phenolic OH excluding ortho intramolecular Hbond substituents is 1. The van der Waals surface area contributed by atoms with E-state index in [1.54, 1.807) is 42.5 Å². The molecule has 0 spiro atoms. The quantitative estimate of drug-likeness (QED) is 0.205. The van der Waals surface area contributed by atoms with Gasteiger partial charge in [-0.3, -0.25) is 19.7 Å². The van der Waals surface area contributed by atoms with Crippen LogP contribution >= 0.6 is 0 Å². The fraction of sp³-hybridized carbons (Fsp3) is 0.0370. The third kappa shape index (κ3) is 4.39. The van der Waals surface area contributed by atoms with Gasteiger partial charge in [0.05, 0.1) is 35.1 Å². The van der Waals surface area contributed by atoms with Crippen LogP contribution in [0.25, 0.3) is 10.8 Å². The number of nitrogens with one attached hydrogen (secondary N) is 2. The van der Waals surface area contributed by atoms with Crippen LogP contribution in [-0.2, 0) is 4.74 Å². The average Bonchev–Trinajstić information content (AvgIpc) is 3.19. The second-order valence-electron chi connectivity index (χ2n) is 8.08. The summed E-state index contributed by atoms with van der Waals surface area (Å²) < 4.78 is 4.71. The van der Waals surface area contributed by atoms with Crippen molar-refractivity contribution in [2.24, 2.45) is 10.2 Å². The lowest BCUT2D eigenvalue weighted by Gasteiger charge is -2.11. The number of esters is 1. The summed E-state index contributed by atoms with van der Waals surface area (Å²) >= 11 is 0. The first kappa shape index (κ1) is 23.4. The van der Waals surface area contributed by atoms with Crippen LogP contribution in [-0.4, -0.2) is 35.9 Å². The van der Waals surface area contributed by atoms with Crippen molar-refractivity contribution in [1.29, 1.82) is 0 Å². The summed E-state index contributed by atoms with van der Waals surface area (Å²) in [6, 6.07) is 19.1. The number of fused-ring (bicyclic) bond motifs is 2. The summed E-state index contributed by atoms with van der Waals surface area (Å²) in [5, 5.41) is 25.4. The van der Waals surface area contributed by atoms with Crippen molar-refractivity contribution in [2.75, 3.05) is 12.4 Å². The smallest absolute Gasteiger partial charge is 0.337 e. The molecule has 0 aromatic heterocycles. The van der Waals surface area contributed by atoms with Gasteiger partial charge in [-0.25, -0.2) is 4.79 Å². The van der Waals surface area contributed by atoms with Gasteiger partial charge in [0, 0.05) is 11.1 Å². The topological polar surface area (TPSA) is 147 Å². The third-order valence-electron chi connectivity index (χ3n) is 5.77. The van der Waals surface area contributed by atoms with E-state index in [0.717, 1.165) is 0 Å². The molecule has 4 aromatic rings. The van der Waals surface area contributed by atoms with E-state index in [2.05, 4.69) is 20.9 Å². The van der Waals surface area contributed by atoms with Gasteiger partial charge in [-0.15, -0.1) is 5.11 Å². The molecule has 10 nitrogen and oxygen atoms in total. The van der Waals surface area contributed by atoms with Crippen LogP contribution in [0.15, 0.2) is 83.0 Å². The van der Waals surface area contributed by atoms with E-state index in [1.165, 1.54) is 37.4 Å². The van der Waals surface area contributed by atoms with E-state index in [-0.39, 0.29) is 33.6 Å². The highest BCUT2D eigenvalue weighted by Crippen LogP contribution is 2.39. The maximum absolute atomic E-state index is 13.1. The van der Waals surface area contributed by atoms with Crippen LogP contribution in [0, 0.1) is 0 Å². The predicted molar refractivity (Wildman–Crippen MR) is 134 cm³/mol. The number of hydrogen-bond donors (Lipinski definition) is 3. The summed E-state index contributed by atoms with van der Waals surface area (Å²) in [5.74, 6) is -2.60. The second kappa shape index (κ2) is 9.34. The Morgan fingerprint density at radius 3 is 2.49 bits per heavy atom. The molecule has 1 heterocycles. The molecule has 182 valence electrons. The van der Waals surface area contributed by atoms with Gasteiger partial charge in [0.25, 0.3) is 17.7 Å². The number of benzene rings is 4. The molecule has 3 amide bonds. The summed E-state index contributed by atoms with van der Waals surface area (Å²) in [5.41, 5.74) is 1.27. The lowest BCUT2D eigenvalue weighted by Crippen LogP contribution is -2.19. The van der Waals surface area contributed by atoms with E-state index in [1.807, 2.05) is 0 Å². The molecule has 1 aliphatic rings. The number of carbonyl (C=O) groups is 4. The van der Waals surface area contributed by atoms with Crippen molar-refractivity contribution >= 4 is 51.5 Å². The number of aromatic hydroxyl groups is 1. The number of rotatable bonds is 5. The molecule has 0 saturated carbocycles. The van der Waals surface area contributed by atoms with Gasteiger partial charge in [0.2, 0.25) is 0 Å². The van der Waals surface area contributed by atoms with Crippen LogP contribution in [0.3, 0.4) is 0 Å². The molecule has 10 heteroatoms. The lowest BCUT2D eigenvalue weighted by molar-refractivity contribution is 0.0600. The van der Waals surface area contributed by atoms with Gasteiger partial charge < -0.3 is 15.2 Å². The highest BCUT2D eigenvalue weighted by atomic mass is 16.5. The summed E-state index contributed by atoms with van der Waals surface area (Å²) in [4.78, 5) is 48.7. The molecule has 0 radical (unpaired) electrons. The Balaban J connectivity index is 1.52. The van der Waals surface area contributed by atoms with Crippen molar-refractivity contribution in [3.8, 4) is 5.75 Å². The van der Waals surface area contributed by atoms with Crippen LogP contribution in [0.2, 0.25) is 0 Å². The number of nitrogens with zero attached hydrogens (tertiary/aromatic N) is 2. The first-order valence-electron chi connectivity index (χ1n) is 11.0. The van der Waals surface area contributed by atoms with Crippen molar-refractivity contribution in [1.82, 2.24) is 5.32 Å². The molecule has 0 unspecified atom stereocenters. The molecule has 0 saturated heterocycles. The van der Waals surface area contributed by atoms with E-state index in [0.29, 0.717) is 16.5 Å². The van der Waals surface area contributed by atoms with Gasteiger partial charge in [-0.2, -0.15) is 5.11 Å². The molecular formula is C27H18N4O6. The average molecular weight is 494 g/mol. The van der Waals surface area contributed by atoms with Crippen molar-refractivity contribution in [2.45, 2.75) is 0 Å². The van der Waals surface area contributed by atoms with Crippen molar-refractivity contribution in [3.05, 3.63) is 95.1 Å². The predicted octanol–water partition coefficient (Wildman–Crippen LogP) is 4.88. The number of ether oxygens (including phenoxy) is 1. The van der Waals surface area contributed by atoms with E-state index in [9.17, 15) is 24.3 Å². The Hall–Kier alpha value is -5.38. The number of azo groups is 1. The SMILES string of the molecule is COC(=O)c1cccc(NC(=O)c2cc3ccccc3c(N=Nc3ccc4c(c3)C(=O)NC4=O)c2O)c1. The molecule has 0 atom stereocenters. The Kier molecular flexibility index (Phi) is 5.90. The van der Waals surface area contributed by atoms with Gasteiger partial charge in [0.15, 0.2) is 5.75 Å². The number of anilines is 1. The lowest BCUT2D eigenvalue weighted by atomic mass is 10.0. The number of carbonyl (C=O) groups excluding carboxylic acids is 4. The second-order valence-corrected chi connectivity index (χ2v) is 8.08. The minimum Gasteiger partial charge on any atom is -0.505 e. The Morgan fingerprint density at radius 2 is 1.68 bits per heavy atom. The highest BCUT2D eigenvalue weighted by Gasteiger charge is 2.26. The van der Waals surface area contributed by atoms with Crippen LogP contribution in [0.1, 0.15) is 41.4 Å². The number of imide groups is 1. The molecule has 5 rings (SSSR count). The normalized spacial score (nSPS) is 12.5. The molecule has 3 N–H and O–H groups in total. The molecule has 0 fully saturated rings. The Bertz CT molecular complexity index is 1660. The van der Waals surface area contributed by atoms with Gasteiger partial charge in [-0.05, 0) is 47.9 Å². The molecule has 4 aromatic carbocycles. The fourth-order valence-corrected chi connectivity index (χ4v) is 3.96. The zero-order valence-electron chi connectivity index (χ0n) is 19.3. The molecular weight excluding hydrogens is 476 g/mol. The summed E-state index contributed by atoms with van der Waals surface area (Å²) in [6.07, 6.45) is 0. The minimum absolute atomic E-state index is 0.0487. The molecule has 37 heavy (non-hydrogen) atoms. The van der Waals surface area contributed by atoms with Crippen molar-refractivity contribution < 1.29 is 29.0 Å². The number of phenols is 1. The first-order chi connectivity index (χ1) is 17.9. The zero-order chi connectivity index (χ0) is 26.1. The number of hydrogen-bond acceptors (Lipinski definition) is 8. The van der Waals surface area contributed by atoms with Crippen LogP contribution in [0.4, 0.5) is 17.1 Å². The third-order valence-corrected chi connectivity index (χ3v) is 5.77. The minimum atomic E-state index is -0.630. The largest absolute Gasteiger partial charge is 0.505 e. The molecule has 1 aliphatic heterocycles. The highest BCUT2D eigenvalue weighted by molar-refractivity contribution is 6.21. The van der Waals surface area contributed by atoms with E-state index >= 15 is 0 Å². The van der Waals surface area contributed by atoms with Crippen molar-refractivity contribution in [3.63, 3.8) is 0 Å².